The molecule has 0 unspecified atom stereocenters. The van der Waals surface area contributed by atoms with Crippen molar-refractivity contribution in [3.8, 4) is 11.5 Å². The summed E-state index contributed by atoms with van der Waals surface area (Å²) in [5.41, 5.74) is 3.96. The Morgan fingerprint density at radius 3 is 2.70 bits per heavy atom. The molecule has 0 aliphatic heterocycles. The maximum absolute atomic E-state index is 12.4. The lowest BCUT2D eigenvalue weighted by Gasteiger charge is -2.16. The first kappa shape index (κ1) is 23.3. The van der Waals surface area contributed by atoms with Gasteiger partial charge in [0.05, 0.1) is 26.1 Å². The van der Waals surface area contributed by atoms with Crippen molar-refractivity contribution in [3.63, 3.8) is 0 Å². The molecule has 0 bridgehead atoms. The largest absolute Gasteiger partial charge is 0.490 e. The van der Waals surface area contributed by atoms with E-state index in [0.717, 1.165) is 22.6 Å². The first-order chi connectivity index (χ1) is 14.3. The van der Waals surface area contributed by atoms with E-state index in [0.29, 0.717) is 23.7 Å². The zero-order valence-corrected chi connectivity index (χ0v) is 22.4. The van der Waals surface area contributed by atoms with Crippen LogP contribution in [0.5, 0.6) is 11.5 Å². The molecule has 3 aromatic rings. The molecule has 0 saturated heterocycles. The molecular formula is C21H19BrI2N2O4. The number of benzene rings is 2. The van der Waals surface area contributed by atoms with Gasteiger partial charge in [0.2, 0.25) is 0 Å². The SMILES string of the molecule is CCOc1cc(/C=N\NC(=O)c2cc3cc(Br)cc(I)c3o2)cc(I)c1OC(C)C. The Morgan fingerprint density at radius 2 is 2.00 bits per heavy atom. The van der Waals surface area contributed by atoms with Crippen LogP contribution in [0.25, 0.3) is 11.0 Å². The number of hydrogen-bond donors (Lipinski definition) is 1. The Morgan fingerprint density at radius 1 is 1.23 bits per heavy atom. The fraction of sp³-hybridized carbons (Fsp3) is 0.238. The van der Waals surface area contributed by atoms with Crippen molar-refractivity contribution < 1.29 is 18.7 Å². The third kappa shape index (κ3) is 5.67. The number of carbonyl (C=O) groups is 1. The van der Waals surface area contributed by atoms with Gasteiger partial charge in [-0.05, 0) is 102 Å². The van der Waals surface area contributed by atoms with Crippen LogP contribution in [0.1, 0.15) is 36.9 Å². The first-order valence-corrected chi connectivity index (χ1v) is 12.1. The Kier molecular flexibility index (Phi) is 8.02. The summed E-state index contributed by atoms with van der Waals surface area (Å²) in [4.78, 5) is 12.4. The molecule has 0 aliphatic rings. The van der Waals surface area contributed by atoms with Crippen molar-refractivity contribution in [3.05, 3.63) is 53.3 Å². The number of rotatable bonds is 7. The number of halogens is 3. The zero-order valence-electron chi connectivity index (χ0n) is 16.5. The summed E-state index contributed by atoms with van der Waals surface area (Å²) in [5, 5.41) is 4.91. The maximum atomic E-state index is 12.4. The van der Waals surface area contributed by atoms with E-state index in [1.54, 1.807) is 12.3 Å². The highest BCUT2D eigenvalue weighted by Gasteiger charge is 2.15. The molecule has 1 aromatic heterocycles. The van der Waals surface area contributed by atoms with Crippen LogP contribution in [0.4, 0.5) is 0 Å². The molecular weight excluding hydrogens is 678 g/mol. The van der Waals surface area contributed by atoms with Crippen LogP contribution in [0.2, 0.25) is 0 Å². The van der Waals surface area contributed by atoms with E-state index >= 15 is 0 Å². The lowest BCUT2D eigenvalue weighted by molar-refractivity contribution is 0.0929. The van der Waals surface area contributed by atoms with E-state index in [1.165, 1.54) is 0 Å². The predicted octanol–water partition coefficient (Wildman–Crippen LogP) is 6.35. The van der Waals surface area contributed by atoms with Gasteiger partial charge in [-0.3, -0.25) is 4.79 Å². The van der Waals surface area contributed by atoms with Crippen LogP contribution in [0.15, 0.2) is 44.3 Å². The zero-order chi connectivity index (χ0) is 21.8. The highest BCUT2D eigenvalue weighted by Crippen LogP contribution is 2.34. The van der Waals surface area contributed by atoms with Gasteiger partial charge in [-0.15, -0.1) is 0 Å². The van der Waals surface area contributed by atoms with Gasteiger partial charge in [0.15, 0.2) is 17.3 Å². The maximum Gasteiger partial charge on any atom is 0.307 e. The summed E-state index contributed by atoms with van der Waals surface area (Å²) in [6, 6.07) is 9.27. The number of hydrazone groups is 1. The highest BCUT2D eigenvalue weighted by atomic mass is 127. The van der Waals surface area contributed by atoms with E-state index < -0.39 is 5.91 Å². The molecule has 0 fully saturated rings. The van der Waals surface area contributed by atoms with Crippen LogP contribution < -0.4 is 14.9 Å². The molecule has 1 heterocycles. The fourth-order valence-corrected chi connectivity index (χ4v) is 5.10. The van der Waals surface area contributed by atoms with Gasteiger partial charge in [-0.1, -0.05) is 15.9 Å². The Bertz CT molecular complexity index is 1110. The second kappa shape index (κ2) is 10.3. The third-order valence-electron chi connectivity index (χ3n) is 3.82. The lowest BCUT2D eigenvalue weighted by Crippen LogP contribution is -2.16. The second-order valence-electron chi connectivity index (χ2n) is 6.55. The monoisotopic (exact) mass is 696 g/mol. The minimum Gasteiger partial charge on any atom is -0.490 e. The molecule has 158 valence electrons. The Hall–Kier alpha value is -1.34. The molecule has 0 aliphatic carbocycles. The van der Waals surface area contributed by atoms with E-state index in [1.807, 2.05) is 45.0 Å². The number of nitrogens with zero attached hydrogens (tertiary/aromatic N) is 1. The smallest absolute Gasteiger partial charge is 0.307 e. The van der Waals surface area contributed by atoms with Gasteiger partial charge in [-0.25, -0.2) is 5.43 Å². The minimum atomic E-state index is -0.422. The van der Waals surface area contributed by atoms with Gasteiger partial charge in [0, 0.05) is 9.86 Å². The minimum absolute atomic E-state index is 0.0315. The van der Waals surface area contributed by atoms with Gasteiger partial charge in [-0.2, -0.15) is 5.10 Å². The van der Waals surface area contributed by atoms with Crippen molar-refractivity contribution in [1.82, 2.24) is 5.43 Å². The summed E-state index contributed by atoms with van der Waals surface area (Å²) in [7, 11) is 0. The quantitative estimate of drug-likeness (QED) is 0.178. The average molecular weight is 697 g/mol. The van der Waals surface area contributed by atoms with Gasteiger partial charge in [0.25, 0.3) is 0 Å². The molecule has 0 spiro atoms. The average Bonchev–Trinajstić information content (AvgIpc) is 3.09. The topological polar surface area (TPSA) is 73.1 Å². The summed E-state index contributed by atoms with van der Waals surface area (Å²) >= 11 is 7.82. The molecule has 0 radical (unpaired) electrons. The summed E-state index contributed by atoms with van der Waals surface area (Å²) in [6.07, 6.45) is 1.59. The van der Waals surface area contributed by atoms with E-state index in [4.69, 9.17) is 13.9 Å². The lowest BCUT2D eigenvalue weighted by atomic mass is 10.2. The number of amides is 1. The molecule has 0 atom stereocenters. The molecule has 0 saturated carbocycles. The Labute approximate surface area is 210 Å². The fourth-order valence-electron chi connectivity index (χ4n) is 2.68. The van der Waals surface area contributed by atoms with Gasteiger partial charge < -0.3 is 13.9 Å². The van der Waals surface area contributed by atoms with Crippen molar-refractivity contribution in [2.24, 2.45) is 5.10 Å². The number of carbonyl (C=O) groups excluding carboxylic acids is 1. The molecule has 1 amide bonds. The number of hydrogen-bond acceptors (Lipinski definition) is 5. The van der Waals surface area contributed by atoms with Crippen molar-refractivity contribution in [1.29, 1.82) is 0 Å². The van der Waals surface area contributed by atoms with Crippen LogP contribution in [-0.2, 0) is 0 Å². The van der Waals surface area contributed by atoms with E-state index in [-0.39, 0.29) is 11.9 Å². The van der Waals surface area contributed by atoms with Crippen molar-refractivity contribution in [2.75, 3.05) is 6.61 Å². The molecule has 1 N–H and O–H groups in total. The molecule has 2 aromatic carbocycles. The first-order valence-electron chi connectivity index (χ1n) is 9.13. The number of ether oxygens (including phenoxy) is 2. The second-order valence-corrected chi connectivity index (χ2v) is 9.79. The summed E-state index contributed by atoms with van der Waals surface area (Å²) in [5.74, 6) is 1.12. The summed E-state index contributed by atoms with van der Waals surface area (Å²) < 4.78 is 20.0. The molecule has 3 rings (SSSR count). The normalized spacial score (nSPS) is 11.4. The van der Waals surface area contributed by atoms with Crippen molar-refractivity contribution >= 4 is 84.2 Å². The van der Waals surface area contributed by atoms with Gasteiger partial charge >= 0.3 is 5.91 Å². The van der Waals surface area contributed by atoms with Crippen LogP contribution in [0, 0.1) is 7.14 Å². The number of furan rings is 1. The van der Waals surface area contributed by atoms with Crippen LogP contribution in [-0.4, -0.2) is 24.8 Å². The van der Waals surface area contributed by atoms with Crippen molar-refractivity contribution in [2.45, 2.75) is 26.9 Å². The van der Waals surface area contributed by atoms with Crippen LogP contribution in [0.3, 0.4) is 0 Å². The predicted molar refractivity (Wildman–Crippen MR) is 138 cm³/mol. The number of fused-ring (bicyclic) bond motifs is 1. The van der Waals surface area contributed by atoms with Crippen LogP contribution >= 0.6 is 61.1 Å². The summed E-state index contributed by atoms with van der Waals surface area (Å²) in [6.45, 7) is 6.37. The van der Waals surface area contributed by atoms with E-state index in [9.17, 15) is 4.79 Å². The standard InChI is InChI=1S/C21H19BrI2N2O4/c1-4-28-17-6-12(5-15(23)20(17)29-11(2)3)10-25-26-21(27)18-8-13-7-14(22)9-16(24)19(13)30-18/h5-11H,4H2,1-3H3,(H,26,27)/b25-10-. The van der Waals surface area contributed by atoms with Gasteiger partial charge in [0.1, 0.15) is 5.58 Å². The van der Waals surface area contributed by atoms with E-state index in [2.05, 4.69) is 71.6 Å². The number of nitrogens with one attached hydrogen (secondary N) is 1. The third-order valence-corrected chi connectivity index (χ3v) is 5.88. The highest BCUT2D eigenvalue weighted by molar-refractivity contribution is 14.1. The molecule has 6 nitrogen and oxygen atoms in total. The Balaban J connectivity index is 1.77. The molecule has 9 heteroatoms. The molecule has 30 heavy (non-hydrogen) atoms.